The van der Waals surface area contributed by atoms with Crippen LogP contribution in [0.4, 0.5) is 5.82 Å². The SMILES string of the molecule is OCCOCCNc1nccc2ccccc12. The Balaban J connectivity index is 1.98. The van der Waals surface area contributed by atoms with Crippen LogP contribution >= 0.6 is 0 Å². The molecule has 0 saturated heterocycles. The van der Waals surface area contributed by atoms with Crippen molar-refractivity contribution in [2.75, 3.05) is 31.7 Å². The molecule has 0 aliphatic heterocycles. The van der Waals surface area contributed by atoms with Crippen LogP contribution in [0.1, 0.15) is 0 Å². The number of aliphatic hydroxyl groups is 1. The lowest BCUT2D eigenvalue weighted by molar-refractivity contribution is 0.0992. The van der Waals surface area contributed by atoms with Crippen LogP contribution in [0.2, 0.25) is 0 Å². The van der Waals surface area contributed by atoms with Gasteiger partial charge in [0.1, 0.15) is 5.82 Å². The molecule has 2 aromatic rings. The number of hydrogen-bond acceptors (Lipinski definition) is 4. The minimum absolute atomic E-state index is 0.0620. The Bertz CT molecular complexity index is 468. The minimum atomic E-state index is 0.0620. The van der Waals surface area contributed by atoms with Crippen molar-refractivity contribution in [1.29, 1.82) is 0 Å². The third-order valence-electron chi connectivity index (χ3n) is 2.45. The van der Waals surface area contributed by atoms with Crippen molar-refractivity contribution in [3.8, 4) is 0 Å². The fraction of sp³-hybridized carbons (Fsp3) is 0.308. The molecule has 1 aromatic heterocycles. The zero-order valence-electron chi connectivity index (χ0n) is 9.60. The van der Waals surface area contributed by atoms with Gasteiger partial charge in [-0.1, -0.05) is 24.3 Å². The number of benzene rings is 1. The maximum absolute atomic E-state index is 8.57. The number of anilines is 1. The maximum Gasteiger partial charge on any atom is 0.133 e. The molecule has 0 aliphatic carbocycles. The van der Waals surface area contributed by atoms with Gasteiger partial charge in [0.2, 0.25) is 0 Å². The molecule has 0 unspecified atom stereocenters. The molecule has 0 fully saturated rings. The van der Waals surface area contributed by atoms with Gasteiger partial charge < -0.3 is 15.2 Å². The average molecular weight is 232 g/mol. The second-order valence-corrected chi connectivity index (χ2v) is 3.64. The standard InChI is InChI=1S/C13H16N2O2/c16-8-10-17-9-7-15-13-12-4-2-1-3-11(12)5-6-14-13/h1-6,16H,7-10H2,(H,14,15). The first-order valence-electron chi connectivity index (χ1n) is 5.68. The molecule has 90 valence electrons. The molecule has 0 amide bonds. The van der Waals surface area contributed by atoms with Crippen LogP contribution in [0.5, 0.6) is 0 Å². The monoisotopic (exact) mass is 232 g/mol. The van der Waals surface area contributed by atoms with Gasteiger partial charge in [-0.2, -0.15) is 0 Å². The molecule has 0 atom stereocenters. The molecule has 0 bridgehead atoms. The van der Waals surface area contributed by atoms with Crippen molar-refractivity contribution in [1.82, 2.24) is 4.98 Å². The number of aromatic nitrogens is 1. The quantitative estimate of drug-likeness (QED) is 0.744. The number of hydrogen-bond donors (Lipinski definition) is 2. The Morgan fingerprint density at radius 1 is 1.18 bits per heavy atom. The van der Waals surface area contributed by atoms with Gasteiger partial charge in [0, 0.05) is 18.1 Å². The molecule has 4 nitrogen and oxygen atoms in total. The van der Waals surface area contributed by atoms with Crippen molar-refractivity contribution in [3.63, 3.8) is 0 Å². The van der Waals surface area contributed by atoms with Crippen LogP contribution in [0.25, 0.3) is 10.8 Å². The highest BCUT2D eigenvalue weighted by atomic mass is 16.5. The number of fused-ring (bicyclic) bond motifs is 1. The lowest BCUT2D eigenvalue weighted by Gasteiger charge is -2.08. The summed E-state index contributed by atoms with van der Waals surface area (Å²) in [5.74, 6) is 0.871. The van der Waals surface area contributed by atoms with E-state index in [2.05, 4.69) is 16.4 Å². The molecular weight excluding hydrogens is 216 g/mol. The Kier molecular flexibility index (Phi) is 4.30. The Labute approximate surface area is 100 Å². The van der Waals surface area contributed by atoms with E-state index >= 15 is 0 Å². The Morgan fingerprint density at radius 3 is 2.94 bits per heavy atom. The number of pyridine rings is 1. The lowest BCUT2D eigenvalue weighted by atomic mass is 10.1. The largest absolute Gasteiger partial charge is 0.394 e. The molecule has 1 heterocycles. The Morgan fingerprint density at radius 2 is 2.06 bits per heavy atom. The molecule has 0 spiro atoms. The van der Waals surface area contributed by atoms with Gasteiger partial charge in [0.25, 0.3) is 0 Å². The summed E-state index contributed by atoms with van der Waals surface area (Å²) in [5, 5.41) is 14.1. The summed E-state index contributed by atoms with van der Waals surface area (Å²) in [7, 11) is 0. The highest BCUT2D eigenvalue weighted by Crippen LogP contribution is 2.19. The van der Waals surface area contributed by atoms with Crippen molar-refractivity contribution in [2.45, 2.75) is 0 Å². The smallest absolute Gasteiger partial charge is 0.133 e. The number of ether oxygens (including phenoxy) is 1. The lowest BCUT2D eigenvalue weighted by Crippen LogP contribution is -2.12. The molecule has 2 N–H and O–H groups in total. The first-order chi connectivity index (χ1) is 8.42. The van der Waals surface area contributed by atoms with Crippen LogP contribution in [0, 0.1) is 0 Å². The van der Waals surface area contributed by atoms with Crippen LogP contribution in [0.3, 0.4) is 0 Å². The van der Waals surface area contributed by atoms with Crippen molar-refractivity contribution >= 4 is 16.6 Å². The van der Waals surface area contributed by atoms with Gasteiger partial charge in [-0.25, -0.2) is 4.98 Å². The number of nitrogens with one attached hydrogen (secondary N) is 1. The second kappa shape index (κ2) is 6.18. The van der Waals surface area contributed by atoms with Crippen LogP contribution in [-0.4, -0.2) is 36.5 Å². The molecule has 0 aliphatic rings. The van der Waals surface area contributed by atoms with Gasteiger partial charge in [-0.3, -0.25) is 0 Å². The summed E-state index contributed by atoms with van der Waals surface area (Å²) in [5.41, 5.74) is 0. The summed E-state index contributed by atoms with van der Waals surface area (Å²) in [4.78, 5) is 4.31. The molecule has 17 heavy (non-hydrogen) atoms. The maximum atomic E-state index is 8.57. The molecule has 0 radical (unpaired) electrons. The van der Waals surface area contributed by atoms with Gasteiger partial charge in [-0.05, 0) is 11.5 Å². The van der Waals surface area contributed by atoms with E-state index in [1.807, 2.05) is 24.3 Å². The summed E-state index contributed by atoms with van der Waals surface area (Å²) >= 11 is 0. The highest BCUT2D eigenvalue weighted by Gasteiger charge is 2.00. The van der Waals surface area contributed by atoms with E-state index in [-0.39, 0.29) is 6.61 Å². The second-order valence-electron chi connectivity index (χ2n) is 3.64. The first-order valence-corrected chi connectivity index (χ1v) is 5.68. The highest BCUT2D eigenvalue weighted by molar-refractivity contribution is 5.91. The van der Waals surface area contributed by atoms with E-state index in [1.165, 1.54) is 5.39 Å². The van der Waals surface area contributed by atoms with Crippen molar-refractivity contribution < 1.29 is 9.84 Å². The number of nitrogens with zero attached hydrogens (tertiary/aromatic N) is 1. The Hall–Kier alpha value is -1.65. The van der Waals surface area contributed by atoms with Gasteiger partial charge in [-0.15, -0.1) is 0 Å². The fourth-order valence-electron chi connectivity index (χ4n) is 1.67. The third kappa shape index (κ3) is 3.15. The van der Waals surface area contributed by atoms with E-state index in [9.17, 15) is 0 Å². The average Bonchev–Trinajstić information content (AvgIpc) is 2.39. The number of rotatable bonds is 6. The van der Waals surface area contributed by atoms with Gasteiger partial charge in [0.05, 0.1) is 19.8 Å². The van der Waals surface area contributed by atoms with Gasteiger partial charge >= 0.3 is 0 Å². The third-order valence-corrected chi connectivity index (χ3v) is 2.45. The predicted molar refractivity (Wildman–Crippen MR) is 68.1 cm³/mol. The predicted octanol–water partition coefficient (Wildman–Crippen LogP) is 1.66. The normalized spacial score (nSPS) is 10.6. The van der Waals surface area contributed by atoms with Crippen molar-refractivity contribution in [2.24, 2.45) is 0 Å². The first kappa shape index (κ1) is 11.8. The van der Waals surface area contributed by atoms with E-state index in [1.54, 1.807) is 6.20 Å². The summed E-state index contributed by atoms with van der Waals surface area (Å²) in [6.45, 7) is 1.68. The van der Waals surface area contributed by atoms with Crippen LogP contribution in [-0.2, 0) is 4.74 Å². The molecule has 2 rings (SSSR count). The van der Waals surface area contributed by atoms with E-state index in [0.29, 0.717) is 19.8 Å². The molecule has 4 heteroatoms. The van der Waals surface area contributed by atoms with Crippen molar-refractivity contribution in [3.05, 3.63) is 36.5 Å². The fourth-order valence-corrected chi connectivity index (χ4v) is 1.67. The molecule has 1 aromatic carbocycles. The summed E-state index contributed by atoms with van der Waals surface area (Å²) in [6.07, 6.45) is 1.79. The molecule has 0 saturated carbocycles. The number of aliphatic hydroxyl groups excluding tert-OH is 1. The van der Waals surface area contributed by atoms with Crippen LogP contribution < -0.4 is 5.32 Å². The van der Waals surface area contributed by atoms with Crippen LogP contribution in [0.15, 0.2) is 36.5 Å². The summed E-state index contributed by atoms with van der Waals surface area (Å²) in [6, 6.07) is 10.1. The minimum Gasteiger partial charge on any atom is -0.394 e. The van der Waals surface area contributed by atoms with E-state index in [4.69, 9.17) is 9.84 Å². The zero-order valence-corrected chi connectivity index (χ0v) is 9.60. The topological polar surface area (TPSA) is 54.4 Å². The van der Waals surface area contributed by atoms with E-state index < -0.39 is 0 Å². The molecular formula is C13H16N2O2. The zero-order chi connectivity index (χ0) is 11.9. The van der Waals surface area contributed by atoms with E-state index in [0.717, 1.165) is 11.2 Å². The summed E-state index contributed by atoms with van der Waals surface area (Å²) < 4.78 is 5.18. The van der Waals surface area contributed by atoms with Gasteiger partial charge in [0.15, 0.2) is 0 Å².